The van der Waals surface area contributed by atoms with E-state index < -0.39 is 23.4 Å². The van der Waals surface area contributed by atoms with Gasteiger partial charge in [0, 0.05) is 13.0 Å². The van der Waals surface area contributed by atoms with Gasteiger partial charge in [0.05, 0.1) is 10.6 Å². The topological polar surface area (TPSA) is 70.2 Å². The highest BCUT2D eigenvalue weighted by atomic mass is 32.1. The van der Waals surface area contributed by atoms with Crippen molar-refractivity contribution in [1.82, 2.24) is 10.7 Å². The third-order valence-electron chi connectivity index (χ3n) is 2.98. The van der Waals surface area contributed by atoms with E-state index in [4.69, 9.17) is 0 Å². The third kappa shape index (κ3) is 4.72. The van der Waals surface area contributed by atoms with Crippen LogP contribution in [0.5, 0.6) is 0 Å². The summed E-state index contributed by atoms with van der Waals surface area (Å²) in [5, 5.41) is 4.44. The molecule has 0 saturated carbocycles. The van der Waals surface area contributed by atoms with Crippen LogP contribution in [-0.2, 0) is 4.79 Å². The average Bonchev–Trinajstić information content (AvgIpc) is 3.10. The fourth-order valence-electron chi connectivity index (χ4n) is 1.77. The molecular formula is C15H14F3N3O2S. The number of carbonyl (C=O) groups excluding carboxylic acids is 2. The summed E-state index contributed by atoms with van der Waals surface area (Å²) in [7, 11) is 0. The van der Waals surface area contributed by atoms with Gasteiger partial charge in [-0.25, -0.2) is 13.2 Å². The lowest BCUT2D eigenvalue weighted by molar-refractivity contribution is -0.120. The van der Waals surface area contributed by atoms with Crippen LogP contribution in [0, 0.1) is 17.5 Å². The molecule has 0 atom stereocenters. The lowest BCUT2D eigenvalue weighted by Crippen LogP contribution is -2.31. The van der Waals surface area contributed by atoms with E-state index in [2.05, 4.69) is 16.2 Å². The molecule has 0 aliphatic heterocycles. The van der Waals surface area contributed by atoms with Crippen molar-refractivity contribution in [1.29, 1.82) is 0 Å². The molecule has 2 amide bonds. The number of thiophene rings is 1. The van der Waals surface area contributed by atoms with E-state index in [1.807, 2.05) is 0 Å². The van der Waals surface area contributed by atoms with Crippen molar-refractivity contribution >= 4 is 28.8 Å². The number of nitrogens with one attached hydrogen (secondary N) is 3. The highest BCUT2D eigenvalue weighted by molar-refractivity contribution is 7.12. The minimum Gasteiger partial charge on any atom is -0.351 e. The molecule has 9 heteroatoms. The zero-order valence-electron chi connectivity index (χ0n) is 12.4. The van der Waals surface area contributed by atoms with Gasteiger partial charge in [0.2, 0.25) is 5.91 Å². The van der Waals surface area contributed by atoms with E-state index in [0.29, 0.717) is 17.8 Å². The van der Waals surface area contributed by atoms with Crippen LogP contribution in [0.2, 0.25) is 0 Å². The largest absolute Gasteiger partial charge is 0.351 e. The second kappa shape index (κ2) is 8.34. The van der Waals surface area contributed by atoms with Crippen LogP contribution in [0.3, 0.4) is 0 Å². The van der Waals surface area contributed by atoms with Crippen molar-refractivity contribution < 1.29 is 22.8 Å². The molecule has 0 spiro atoms. The van der Waals surface area contributed by atoms with E-state index >= 15 is 0 Å². The normalized spacial score (nSPS) is 10.3. The van der Waals surface area contributed by atoms with Gasteiger partial charge in [-0.1, -0.05) is 6.07 Å². The molecule has 24 heavy (non-hydrogen) atoms. The van der Waals surface area contributed by atoms with Crippen LogP contribution < -0.4 is 16.2 Å². The molecule has 1 aromatic carbocycles. The molecule has 0 aliphatic rings. The first-order valence-electron chi connectivity index (χ1n) is 6.99. The molecule has 0 saturated heterocycles. The Hall–Kier alpha value is -2.55. The molecule has 2 aromatic rings. The van der Waals surface area contributed by atoms with Gasteiger partial charge < -0.3 is 5.32 Å². The molecule has 0 fully saturated rings. The van der Waals surface area contributed by atoms with Crippen LogP contribution in [0.15, 0.2) is 29.6 Å². The average molecular weight is 357 g/mol. The molecular weight excluding hydrogens is 343 g/mol. The maximum absolute atomic E-state index is 13.4. The van der Waals surface area contributed by atoms with E-state index in [0.717, 1.165) is 12.1 Å². The van der Waals surface area contributed by atoms with E-state index in [9.17, 15) is 22.8 Å². The molecule has 0 radical (unpaired) electrons. The van der Waals surface area contributed by atoms with Gasteiger partial charge >= 0.3 is 0 Å². The first-order chi connectivity index (χ1) is 11.5. The number of anilines is 1. The fourth-order valence-corrected chi connectivity index (χ4v) is 2.41. The number of hydrogen-bond donors (Lipinski definition) is 3. The van der Waals surface area contributed by atoms with Gasteiger partial charge in [0.15, 0.2) is 17.5 Å². The molecule has 0 unspecified atom stereocenters. The summed E-state index contributed by atoms with van der Waals surface area (Å²) in [6, 6.07) is 5.16. The maximum Gasteiger partial charge on any atom is 0.261 e. The summed E-state index contributed by atoms with van der Waals surface area (Å²) < 4.78 is 39.1. The first kappa shape index (κ1) is 17.8. The Morgan fingerprint density at radius 2 is 1.88 bits per heavy atom. The quantitative estimate of drug-likeness (QED) is 0.405. The molecule has 0 bridgehead atoms. The van der Waals surface area contributed by atoms with Crippen molar-refractivity contribution in [2.75, 3.05) is 12.0 Å². The number of benzene rings is 1. The van der Waals surface area contributed by atoms with Crippen LogP contribution >= 0.6 is 11.3 Å². The minimum absolute atomic E-state index is 0.0585. The molecule has 1 aromatic heterocycles. The molecule has 0 aliphatic carbocycles. The summed E-state index contributed by atoms with van der Waals surface area (Å²) in [5.74, 6) is -5.05. The molecule has 3 N–H and O–H groups in total. The second-order valence-electron chi connectivity index (χ2n) is 4.73. The Morgan fingerprint density at radius 3 is 2.58 bits per heavy atom. The van der Waals surface area contributed by atoms with E-state index in [1.165, 1.54) is 11.3 Å². The van der Waals surface area contributed by atoms with E-state index in [-0.39, 0.29) is 18.0 Å². The Labute approximate surface area is 139 Å². The monoisotopic (exact) mass is 357 g/mol. The predicted octanol–water partition coefficient (Wildman–Crippen LogP) is 2.82. The number of halogens is 3. The maximum atomic E-state index is 13.4. The van der Waals surface area contributed by atoms with Crippen molar-refractivity contribution in [2.45, 2.75) is 12.8 Å². The zero-order chi connectivity index (χ0) is 17.5. The zero-order valence-corrected chi connectivity index (χ0v) is 13.2. The first-order valence-corrected chi connectivity index (χ1v) is 7.87. The number of amides is 2. The molecule has 5 nitrogen and oxygen atoms in total. The lowest BCUT2D eigenvalue weighted by Gasteiger charge is -2.10. The van der Waals surface area contributed by atoms with Gasteiger partial charge in [-0.3, -0.25) is 20.4 Å². The smallest absolute Gasteiger partial charge is 0.261 e. The van der Waals surface area contributed by atoms with Crippen molar-refractivity contribution in [3.63, 3.8) is 0 Å². The fraction of sp³-hybridized carbons (Fsp3) is 0.200. The summed E-state index contributed by atoms with van der Waals surface area (Å²) in [6.07, 6.45) is 0.425. The van der Waals surface area contributed by atoms with Gasteiger partial charge in [-0.05, 0) is 30.0 Å². The highest BCUT2D eigenvalue weighted by Gasteiger charge is 2.13. The Balaban J connectivity index is 1.69. The Kier molecular flexibility index (Phi) is 6.19. The van der Waals surface area contributed by atoms with Crippen LogP contribution in [0.1, 0.15) is 22.5 Å². The Morgan fingerprint density at radius 1 is 1.08 bits per heavy atom. The molecule has 2 rings (SSSR count). The summed E-state index contributed by atoms with van der Waals surface area (Å²) in [5.41, 5.74) is 3.98. The van der Waals surface area contributed by atoms with Crippen molar-refractivity contribution in [3.05, 3.63) is 52.0 Å². The predicted molar refractivity (Wildman–Crippen MR) is 84.0 cm³/mol. The standard InChI is InChI=1S/C15H14F3N3O2S/c16-9-5-6-10(14(18)13(9)17)20-21-12(22)4-1-7-19-15(23)11-3-2-8-24-11/h2-3,5-6,8,20H,1,4,7H2,(H,19,23)(H,21,22). The number of rotatable bonds is 7. The summed E-state index contributed by atoms with van der Waals surface area (Å²) in [4.78, 5) is 23.8. The highest BCUT2D eigenvalue weighted by Crippen LogP contribution is 2.18. The van der Waals surface area contributed by atoms with Crippen molar-refractivity contribution in [3.8, 4) is 0 Å². The molecule has 128 valence electrons. The van der Waals surface area contributed by atoms with Gasteiger partial charge in [0.25, 0.3) is 5.91 Å². The Bertz CT molecular complexity index is 723. The van der Waals surface area contributed by atoms with Crippen molar-refractivity contribution in [2.24, 2.45) is 0 Å². The van der Waals surface area contributed by atoms with Gasteiger partial charge in [-0.15, -0.1) is 11.3 Å². The SMILES string of the molecule is O=C(CCCNC(=O)c1cccs1)NNc1ccc(F)c(F)c1F. The van der Waals surface area contributed by atoms with Gasteiger partial charge in [-0.2, -0.15) is 0 Å². The number of hydrogen-bond acceptors (Lipinski definition) is 4. The van der Waals surface area contributed by atoms with Gasteiger partial charge in [0.1, 0.15) is 0 Å². The number of hydrazine groups is 1. The summed E-state index contributed by atoms with van der Waals surface area (Å²) in [6.45, 7) is 0.295. The minimum atomic E-state index is -1.62. The molecule has 1 heterocycles. The third-order valence-corrected chi connectivity index (χ3v) is 3.85. The van der Waals surface area contributed by atoms with E-state index in [1.54, 1.807) is 17.5 Å². The van der Waals surface area contributed by atoms with Crippen LogP contribution in [0.25, 0.3) is 0 Å². The van der Waals surface area contributed by atoms with Crippen LogP contribution in [-0.4, -0.2) is 18.4 Å². The number of carbonyl (C=O) groups is 2. The van der Waals surface area contributed by atoms with Crippen LogP contribution in [0.4, 0.5) is 18.9 Å². The second-order valence-corrected chi connectivity index (χ2v) is 5.68. The summed E-state index contributed by atoms with van der Waals surface area (Å²) >= 11 is 1.31. The lowest BCUT2D eigenvalue weighted by atomic mass is 10.3.